The highest BCUT2D eigenvalue weighted by molar-refractivity contribution is 7.93. The summed E-state index contributed by atoms with van der Waals surface area (Å²) in [6, 6.07) is 21.3. The van der Waals surface area contributed by atoms with Crippen LogP contribution >= 0.6 is 34.8 Å². The molecule has 1 atom stereocenters. The number of aromatic hydroxyl groups is 1. The van der Waals surface area contributed by atoms with Gasteiger partial charge in [0.2, 0.25) is 5.91 Å². The first-order valence-corrected chi connectivity index (χ1v) is 15.6. The van der Waals surface area contributed by atoms with Crippen LogP contribution in [-0.4, -0.2) is 35.2 Å². The number of rotatable bonds is 7. The van der Waals surface area contributed by atoms with E-state index in [9.17, 15) is 23.1 Å². The van der Waals surface area contributed by atoms with E-state index in [4.69, 9.17) is 34.8 Å². The van der Waals surface area contributed by atoms with E-state index in [1.807, 2.05) is 49.4 Å². The number of aryl methyl sites for hydroxylation is 1. The van der Waals surface area contributed by atoms with Gasteiger partial charge >= 0.3 is 0 Å². The Bertz CT molecular complexity index is 2010. The number of sulfone groups is 1. The number of halogens is 3. The Hall–Kier alpha value is -4.02. The average Bonchev–Trinajstić information content (AvgIpc) is 3.36. The van der Waals surface area contributed by atoms with E-state index < -0.39 is 32.7 Å². The maximum absolute atomic E-state index is 13.8. The lowest BCUT2D eigenvalue weighted by molar-refractivity contribution is -0.115. The number of benzene rings is 4. The van der Waals surface area contributed by atoms with Gasteiger partial charge in [-0.2, -0.15) is 0 Å². The van der Waals surface area contributed by atoms with Crippen molar-refractivity contribution in [1.29, 1.82) is 0 Å². The van der Waals surface area contributed by atoms with Crippen molar-refractivity contribution in [2.24, 2.45) is 0 Å². The molecule has 1 aromatic heterocycles. The number of carbonyl (C=O) groups is 2. The van der Waals surface area contributed by atoms with Gasteiger partial charge in [-0.3, -0.25) is 9.59 Å². The van der Waals surface area contributed by atoms with Gasteiger partial charge in [-0.25, -0.2) is 8.42 Å². The van der Waals surface area contributed by atoms with E-state index in [1.165, 1.54) is 37.4 Å². The van der Waals surface area contributed by atoms with E-state index >= 15 is 0 Å². The van der Waals surface area contributed by atoms with Crippen LogP contribution in [0, 0.1) is 6.92 Å². The summed E-state index contributed by atoms with van der Waals surface area (Å²) in [5.41, 5.74) is 2.51. The molecule has 0 aliphatic carbocycles. The Kier molecular flexibility index (Phi) is 8.45. The zero-order chi connectivity index (χ0) is 31.1. The molecule has 0 fully saturated rings. The molecule has 0 radical (unpaired) electrons. The fourth-order valence-corrected chi connectivity index (χ4v) is 6.45. The predicted molar refractivity (Wildman–Crippen MR) is 171 cm³/mol. The third-order valence-electron chi connectivity index (χ3n) is 6.87. The first-order chi connectivity index (χ1) is 20.4. The molecule has 4 aromatic carbocycles. The molecule has 1 unspecified atom stereocenters. The molecule has 220 valence electrons. The van der Waals surface area contributed by atoms with Crippen LogP contribution in [0.3, 0.4) is 0 Å². The minimum atomic E-state index is -4.18. The fraction of sp³-hybridized carbons (Fsp3) is 0.0968. The Labute approximate surface area is 262 Å². The van der Waals surface area contributed by atoms with Crippen molar-refractivity contribution in [1.82, 2.24) is 4.57 Å². The lowest BCUT2D eigenvalue weighted by Crippen LogP contribution is -2.32. The van der Waals surface area contributed by atoms with Gasteiger partial charge in [0.05, 0.1) is 36.9 Å². The van der Waals surface area contributed by atoms with E-state index in [0.29, 0.717) is 10.9 Å². The summed E-state index contributed by atoms with van der Waals surface area (Å²) in [6.07, 6.45) is 1.52. The Morgan fingerprint density at radius 3 is 2.26 bits per heavy atom. The fourth-order valence-electron chi connectivity index (χ4n) is 4.49. The van der Waals surface area contributed by atoms with E-state index in [2.05, 4.69) is 10.6 Å². The van der Waals surface area contributed by atoms with Gasteiger partial charge in [0, 0.05) is 28.9 Å². The number of hydrogen-bond donors (Lipinski definition) is 3. The summed E-state index contributed by atoms with van der Waals surface area (Å²) in [6.45, 7) is 3.19. The Morgan fingerprint density at radius 2 is 1.56 bits per heavy atom. The summed E-state index contributed by atoms with van der Waals surface area (Å²) in [4.78, 5) is 25.9. The average molecular weight is 657 g/mol. The molecule has 12 heteroatoms. The number of phenolic OH excluding ortho intramolecular Hbond substituents is 1. The molecule has 5 aromatic rings. The molecule has 0 aliphatic heterocycles. The third kappa shape index (κ3) is 6.07. The van der Waals surface area contributed by atoms with E-state index in [1.54, 1.807) is 10.6 Å². The lowest BCUT2D eigenvalue weighted by atomic mass is 10.2. The number of anilines is 2. The zero-order valence-corrected chi connectivity index (χ0v) is 25.8. The second-order valence-electron chi connectivity index (χ2n) is 9.83. The number of nitrogens with zero attached hydrogens (tertiary/aromatic N) is 1. The van der Waals surface area contributed by atoms with Gasteiger partial charge in [-0.1, -0.05) is 65.1 Å². The van der Waals surface area contributed by atoms with Crippen LogP contribution in [-0.2, 0) is 14.6 Å². The standard InChI is InChI=1S/C31H24Cl3N3O5S/c1-17-8-10-21-27(12-17)37(20-6-4-3-5-7-20)16-29(21)43(41,42)18(2)30(39)35-25-15-28(38)26(14-24(25)34)36-31(40)19-9-11-22(32)23(33)13-19/h3-16,18,38H,1-2H3,(H,35,39)(H,36,40). The predicted octanol–water partition coefficient (Wildman–Crippen LogP) is 7.66. The normalized spacial score (nSPS) is 12.2. The molecule has 8 nitrogen and oxygen atoms in total. The second-order valence-corrected chi connectivity index (χ2v) is 13.3. The molecule has 5 rings (SSSR count). The van der Waals surface area contributed by atoms with Crippen molar-refractivity contribution in [2.45, 2.75) is 24.0 Å². The molecule has 3 N–H and O–H groups in total. The number of nitrogens with one attached hydrogen (secondary N) is 2. The summed E-state index contributed by atoms with van der Waals surface area (Å²) in [7, 11) is -4.18. The van der Waals surface area contributed by atoms with E-state index in [0.717, 1.165) is 17.3 Å². The largest absolute Gasteiger partial charge is 0.506 e. The first kappa shape index (κ1) is 30.4. The zero-order valence-electron chi connectivity index (χ0n) is 22.7. The van der Waals surface area contributed by atoms with Gasteiger partial charge < -0.3 is 20.3 Å². The summed E-state index contributed by atoms with van der Waals surface area (Å²) in [5, 5.41) is 14.9. The van der Waals surface area contributed by atoms with Crippen LogP contribution in [0.2, 0.25) is 15.1 Å². The van der Waals surface area contributed by atoms with Crippen LogP contribution in [0.25, 0.3) is 16.6 Å². The molecular formula is C31H24Cl3N3O5S. The monoisotopic (exact) mass is 655 g/mol. The van der Waals surface area contributed by atoms with Crippen LogP contribution in [0.4, 0.5) is 11.4 Å². The van der Waals surface area contributed by atoms with Gasteiger partial charge in [0.15, 0.2) is 9.84 Å². The summed E-state index contributed by atoms with van der Waals surface area (Å²) < 4.78 is 29.4. The molecule has 0 bridgehead atoms. The number of para-hydroxylation sites is 1. The van der Waals surface area contributed by atoms with Gasteiger partial charge in [0.1, 0.15) is 11.0 Å². The number of amides is 2. The third-order valence-corrected chi connectivity index (χ3v) is 10.0. The van der Waals surface area contributed by atoms with Crippen molar-refractivity contribution >= 4 is 78.7 Å². The number of phenols is 1. The minimum absolute atomic E-state index is 0.00307. The maximum Gasteiger partial charge on any atom is 0.255 e. The summed E-state index contributed by atoms with van der Waals surface area (Å²) >= 11 is 18.2. The van der Waals surface area contributed by atoms with Gasteiger partial charge in [0.25, 0.3) is 5.91 Å². The van der Waals surface area contributed by atoms with Gasteiger partial charge in [-0.05, 0) is 61.9 Å². The second kappa shape index (κ2) is 11.9. The lowest BCUT2D eigenvalue weighted by Gasteiger charge is -2.15. The quantitative estimate of drug-likeness (QED) is 0.156. The van der Waals surface area contributed by atoms with Crippen molar-refractivity contribution in [3.63, 3.8) is 0 Å². The molecule has 0 saturated carbocycles. The molecule has 0 spiro atoms. The number of aromatic nitrogens is 1. The topological polar surface area (TPSA) is 118 Å². The van der Waals surface area contributed by atoms with Crippen LogP contribution < -0.4 is 10.6 Å². The van der Waals surface area contributed by atoms with Crippen molar-refractivity contribution in [2.75, 3.05) is 10.6 Å². The number of fused-ring (bicyclic) bond motifs is 1. The van der Waals surface area contributed by atoms with E-state index in [-0.39, 0.29) is 36.9 Å². The van der Waals surface area contributed by atoms with Crippen LogP contribution in [0.5, 0.6) is 5.75 Å². The smallest absolute Gasteiger partial charge is 0.255 e. The molecule has 1 heterocycles. The van der Waals surface area contributed by atoms with Crippen LogP contribution in [0.1, 0.15) is 22.8 Å². The highest BCUT2D eigenvalue weighted by Crippen LogP contribution is 2.36. The number of hydrogen-bond acceptors (Lipinski definition) is 5. The summed E-state index contributed by atoms with van der Waals surface area (Å²) in [5.74, 6) is -1.86. The highest BCUT2D eigenvalue weighted by atomic mass is 35.5. The number of carbonyl (C=O) groups excluding carboxylic acids is 2. The maximum atomic E-state index is 13.8. The SMILES string of the molecule is Cc1ccc2c(S(=O)(=O)C(C)C(=O)Nc3cc(O)c(NC(=O)c4ccc(Cl)c(Cl)c4)cc3Cl)cn(-c3ccccc3)c2c1. The van der Waals surface area contributed by atoms with Gasteiger partial charge in [-0.15, -0.1) is 0 Å². The van der Waals surface area contributed by atoms with Crippen molar-refractivity contribution in [3.8, 4) is 11.4 Å². The van der Waals surface area contributed by atoms with Crippen LogP contribution in [0.15, 0.2) is 90.0 Å². The molecule has 0 aliphatic rings. The van der Waals surface area contributed by atoms with Crippen molar-refractivity contribution in [3.05, 3.63) is 111 Å². The Balaban J connectivity index is 1.40. The molecule has 0 saturated heterocycles. The first-order valence-electron chi connectivity index (χ1n) is 12.9. The minimum Gasteiger partial charge on any atom is -0.506 e. The highest BCUT2D eigenvalue weighted by Gasteiger charge is 2.33. The molecular weight excluding hydrogens is 633 g/mol. The molecule has 43 heavy (non-hydrogen) atoms. The van der Waals surface area contributed by atoms with Crippen molar-refractivity contribution < 1.29 is 23.1 Å². The molecule has 2 amide bonds. The Morgan fingerprint density at radius 1 is 0.837 bits per heavy atom.